The predicted molar refractivity (Wildman–Crippen MR) is 96.7 cm³/mol. The number of amides is 2. The van der Waals surface area contributed by atoms with Gasteiger partial charge in [0.2, 0.25) is 11.8 Å². The van der Waals surface area contributed by atoms with Crippen molar-refractivity contribution in [1.29, 1.82) is 0 Å². The fourth-order valence-electron chi connectivity index (χ4n) is 3.01. The Morgan fingerprint density at radius 3 is 2.92 bits per heavy atom. The van der Waals surface area contributed by atoms with Crippen molar-refractivity contribution in [3.05, 3.63) is 46.2 Å². The molecule has 0 saturated carbocycles. The van der Waals surface area contributed by atoms with Gasteiger partial charge in [-0.2, -0.15) is 5.10 Å². The number of carbonyl (C=O) groups excluding carboxylic acids is 2. The molecule has 1 fully saturated rings. The predicted octanol–water partition coefficient (Wildman–Crippen LogP) is 2.53. The van der Waals surface area contributed by atoms with Crippen LogP contribution < -0.4 is 10.2 Å². The molecule has 3 rings (SSSR count). The second kappa shape index (κ2) is 7.27. The monoisotopic (exact) mass is 360 g/mol. The third-order valence-electron chi connectivity index (χ3n) is 4.55. The number of aromatic amines is 1. The number of halogens is 1. The van der Waals surface area contributed by atoms with Gasteiger partial charge < -0.3 is 10.2 Å². The van der Waals surface area contributed by atoms with E-state index in [1.807, 2.05) is 26.0 Å². The quantitative estimate of drug-likeness (QED) is 0.860. The van der Waals surface area contributed by atoms with Gasteiger partial charge in [0.25, 0.3) is 0 Å². The lowest BCUT2D eigenvalue weighted by molar-refractivity contribution is -0.121. The van der Waals surface area contributed by atoms with Gasteiger partial charge in [0.15, 0.2) is 0 Å². The van der Waals surface area contributed by atoms with Crippen LogP contribution in [-0.4, -0.2) is 34.6 Å². The molecule has 2 N–H and O–H groups in total. The van der Waals surface area contributed by atoms with Crippen LogP contribution in [0.15, 0.2) is 24.3 Å². The molecule has 1 aromatic carbocycles. The molecule has 0 spiro atoms. The summed E-state index contributed by atoms with van der Waals surface area (Å²) >= 11 is 5.99. The lowest BCUT2D eigenvalue weighted by Gasteiger charge is -2.17. The number of aromatic nitrogens is 2. The van der Waals surface area contributed by atoms with Crippen LogP contribution in [0.4, 0.5) is 5.69 Å². The highest BCUT2D eigenvalue weighted by Crippen LogP contribution is 2.24. The molecule has 0 radical (unpaired) electrons. The second-order valence-corrected chi connectivity index (χ2v) is 6.81. The molecule has 1 aromatic heterocycles. The Labute approximate surface area is 151 Å². The van der Waals surface area contributed by atoms with Gasteiger partial charge in [0, 0.05) is 42.2 Å². The second-order valence-electron chi connectivity index (χ2n) is 6.37. The number of anilines is 1. The maximum atomic E-state index is 12.2. The minimum atomic E-state index is -0.180. The molecule has 0 aliphatic carbocycles. The first-order chi connectivity index (χ1) is 11.9. The van der Waals surface area contributed by atoms with Crippen LogP contribution in [0.2, 0.25) is 5.02 Å². The van der Waals surface area contributed by atoms with Crippen molar-refractivity contribution in [3.63, 3.8) is 0 Å². The molecule has 2 amide bonds. The van der Waals surface area contributed by atoms with E-state index in [-0.39, 0.29) is 17.9 Å². The summed E-state index contributed by atoms with van der Waals surface area (Å²) in [5, 5.41) is 10.7. The Morgan fingerprint density at radius 2 is 2.24 bits per heavy atom. The third kappa shape index (κ3) is 4.02. The van der Waals surface area contributed by atoms with Crippen LogP contribution in [-0.2, 0) is 16.0 Å². The molecule has 1 aliphatic heterocycles. The number of hydrogen-bond donors (Lipinski definition) is 2. The van der Waals surface area contributed by atoms with E-state index in [9.17, 15) is 9.59 Å². The Morgan fingerprint density at radius 1 is 1.44 bits per heavy atom. The summed E-state index contributed by atoms with van der Waals surface area (Å²) in [5.74, 6) is -0.0721. The molecule has 2 heterocycles. The molecule has 1 atom stereocenters. The lowest BCUT2D eigenvalue weighted by atomic mass is 10.1. The Balaban J connectivity index is 1.54. The maximum absolute atomic E-state index is 12.2. The molecule has 0 unspecified atom stereocenters. The fraction of sp³-hybridized carbons (Fsp3) is 0.389. The van der Waals surface area contributed by atoms with E-state index >= 15 is 0 Å². The van der Waals surface area contributed by atoms with E-state index in [0.717, 1.165) is 22.6 Å². The smallest absolute Gasteiger partial charge is 0.229 e. The van der Waals surface area contributed by atoms with Gasteiger partial charge in [0.1, 0.15) is 0 Å². The zero-order valence-electron chi connectivity index (χ0n) is 14.3. The normalized spacial score (nSPS) is 17.2. The summed E-state index contributed by atoms with van der Waals surface area (Å²) < 4.78 is 0. The number of benzene rings is 1. The number of nitrogens with one attached hydrogen (secondary N) is 2. The van der Waals surface area contributed by atoms with Crippen molar-refractivity contribution in [1.82, 2.24) is 15.5 Å². The van der Waals surface area contributed by atoms with E-state index in [4.69, 9.17) is 11.6 Å². The van der Waals surface area contributed by atoms with Gasteiger partial charge in [-0.25, -0.2) is 0 Å². The highest BCUT2D eigenvalue weighted by Gasteiger charge is 2.31. The first kappa shape index (κ1) is 17.5. The summed E-state index contributed by atoms with van der Waals surface area (Å²) in [6, 6.07) is 7.00. The number of aryl methyl sites for hydroxylation is 2. The zero-order valence-corrected chi connectivity index (χ0v) is 15.1. The number of carbonyl (C=O) groups is 2. The van der Waals surface area contributed by atoms with E-state index in [1.54, 1.807) is 17.0 Å². The summed E-state index contributed by atoms with van der Waals surface area (Å²) in [7, 11) is 0. The molecular weight excluding hydrogens is 340 g/mol. The van der Waals surface area contributed by atoms with Gasteiger partial charge in [-0.15, -0.1) is 0 Å². The minimum Gasteiger partial charge on any atom is -0.351 e. The molecule has 2 aromatic rings. The van der Waals surface area contributed by atoms with Crippen molar-refractivity contribution in [2.24, 2.45) is 0 Å². The number of rotatable bonds is 5. The molecule has 132 valence electrons. The van der Waals surface area contributed by atoms with Gasteiger partial charge in [-0.1, -0.05) is 17.7 Å². The van der Waals surface area contributed by atoms with E-state index in [1.165, 1.54) is 0 Å². The van der Waals surface area contributed by atoms with E-state index < -0.39 is 0 Å². The number of nitrogens with zero attached hydrogens (tertiary/aromatic N) is 2. The third-order valence-corrected chi connectivity index (χ3v) is 4.79. The Hall–Kier alpha value is -2.34. The highest BCUT2D eigenvalue weighted by molar-refractivity contribution is 6.30. The van der Waals surface area contributed by atoms with Gasteiger partial charge in [-0.3, -0.25) is 14.7 Å². The van der Waals surface area contributed by atoms with Crippen molar-refractivity contribution in [2.75, 3.05) is 11.4 Å². The van der Waals surface area contributed by atoms with Crippen LogP contribution >= 0.6 is 11.6 Å². The molecule has 25 heavy (non-hydrogen) atoms. The standard InChI is InChI=1S/C18H21ClN4O2/c1-11-12(2)21-22-16(11)6-7-17(24)20-14-9-18(25)23(10-14)15-5-3-4-13(19)8-15/h3-5,8,14H,6-7,9-10H2,1-2H3,(H,20,24)(H,21,22)/t14-/m1/s1. The SMILES string of the molecule is Cc1[nH]nc(CCC(=O)N[C@@H]2CC(=O)N(c3cccc(Cl)c3)C2)c1C. The maximum Gasteiger partial charge on any atom is 0.229 e. The van der Waals surface area contributed by atoms with Crippen molar-refractivity contribution < 1.29 is 9.59 Å². The van der Waals surface area contributed by atoms with Gasteiger partial charge in [-0.05, 0) is 37.6 Å². The summed E-state index contributed by atoms with van der Waals surface area (Å²) in [6.07, 6.45) is 1.24. The first-order valence-electron chi connectivity index (χ1n) is 8.30. The molecule has 1 aliphatic rings. The molecule has 6 nitrogen and oxygen atoms in total. The van der Waals surface area contributed by atoms with Crippen molar-refractivity contribution in [2.45, 2.75) is 39.2 Å². The molecule has 7 heteroatoms. The first-order valence-corrected chi connectivity index (χ1v) is 8.67. The van der Waals surface area contributed by atoms with Gasteiger partial charge >= 0.3 is 0 Å². The lowest BCUT2D eigenvalue weighted by Crippen LogP contribution is -2.37. The fourth-order valence-corrected chi connectivity index (χ4v) is 3.19. The van der Waals surface area contributed by atoms with Crippen LogP contribution in [0.3, 0.4) is 0 Å². The average molecular weight is 361 g/mol. The number of hydrogen-bond acceptors (Lipinski definition) is 3. The van der Waals surface area contributed by atoms with Crippen LogP contribution in [0, 0.1) is 13.8 Å². The van der Waals surface area contributed by atoms with Crippen LogP contribution in [0.1, 0.15) is 29.8 Å². The topological polar surface area (TPSA) is 78.1 Å². The molecule has 0 bridgehead atoms. The van der Waals surface area contributed by atoms with Crippen molar-refractivity contribution >= 4 is 29.1 Å². The summed E-state index contributed by atoms with van der Waals surface area (Å²) in [5.41, 5.74) is 3.79. The Kier molecular flexibility index (Phi) is 5.08. The van der Waals surface area contributed by atoms with Crippen molar-refractivity contribution in [3.8, 4) is 0 Å². The van der Waals surface area contributed by atoms with Crippen LogP contribution in [0.25, 0.3) is 0 Å². The highest BCUT2D eigenvalue weighted by atomic mass is 35.5. The number of H-pyrrole nitrogens is 1. The molecule has 1 saturated heterocycles. The largest absolute Gasteiger partial charge is 0.351 e. The van der Waals surface area contributed by atoms with Crippen LogP contribution in [0.5, 0.6) is 0 Å². The minimum absolute atomic E-state index is 0.00802. The van der Waals surface area contributed by atoms with Gasteiger partial charge in [0.05, 0.1) is 11.7 Å². The average Bonchev–Trinajstić information content (AvgIpc) is 3.09. The summed E-state index contributed by atoms with van der Waals surface area (Å²) in [4.78, 5) is 26.1. The van der Waals surface area contributed by atoms with E-state index in [0.29, 0.717) is 30.8 Å². The molecular formula is C18H21ClN4O2. The Bertz CT molecular complexity index is 802. The summed E-state index contributed by atoms with van der Waals surface area (Å²) in [6.45, 7) is 4.41. The zero-order chi connectivity index (χ0) is 18.0. The van der Waals surface area contributed by atoms with E-state index in [2.05, 4.69) is 15.5 Å².